The van der Waals surface area contributed by atoms with Crippen LogP contribution in [0.1, 0.15) is 30.1 Å². The predicted molar refractivity (Wildman–Crippen MR) is 119 cm³/mol. The average molecular weight is 402 g/mol. The molecule has 2 heterocycles. The Kier molecular flexibility index (Phi) is 5.93. The van der Waals surface area contributed by atoms with Crippen LogP contribution in [0.3, 0.4) is 0 Å². The number of aromatic nitrogens is 2. The Morgan fingerprint density at radius 1 is 0.967 bits per heavy atom. The molecule has 0 radical (unpaired) electrons. The number of hydrogen-bond donors (Lipinski definition) is 1. The summed E-state index contributed by atoms with van der Waals surface area (Å²) in [7, 11) is 1.60. The first-order valence-corrected chi connectivity index (χ1v) is 10.3. The van der Waals surface area contributed by atoms with Gasteiger partial charge in [0.1, 0.15) is 5.75 Å². The van der Waals surface area contributed by atoms with E-state index in [9.17, 15) is 4.79 Å². The number of nitrogens with one attached hydrogen (secondary N) is 1. The molecule has 0 aliphatic carbocycles. The zero-order valence-electron chi connectivity index (χ0n) is 17.3. The maximum absolute atomic E-state index is 12.4. The van der Waals surface area contributed by atoms with E-state index in [0.717, 1.165) is 47.5 Å². The van der Waals surface area contributed by atoms with Gasteiger partial charge in [0.05, 0.1) is 12.8 Å². The van der Waals surface area contributed by atoms with Gasteiger partial charge in [0.15, 0.2) is 5.82 Å². The van der Waals surface area contributed by atoms with E-state index in [-0.39, 0.29) is 5.91 Å². The summed E-state index contributed by atoms with van der Waals surface area (Å²) in [5, 5.41) is 11.7. The van der Waals surface area contributed by atoms with Crippen molar-refractivity contribution in [1.82, 2.24) is 10.2 Å². The van der Waals surface area contributed by atoms with Crippen LogP contribution in [0.5, 0.6) is 5.75 Å². The zero-order valence-corrected chi connectivity index (χ0v) is 17.3. The third-order valence-corrected chi connectivity index (χ3v) is 5.55. The number of amides is 1. The van der Waals surface area contributed by atoms with Crippen LogP contribution in [0.2, 0.25) is 0 Å². The molecule has 1 saturated heterocycles. The largest absolute Gasteiger partial charge is 0.497 e. The molecule has 6 heteroatoms. The number of piperidine rings is 1. The van der Waals surface area contributed by atoms with Crippen LogP contribution >= 0.6 is 0 Å². The number of benzene rings is 2. The monoisotopic (exact) mass is 402 g/mol. The molecule has 1 fully saturated rings. The lowest BCUT2D eigenvalue weighted by Gasteiger charge is -2.30. The summed E-state index contributed by atoms with van der Waals surface area (Å²) in [5.74, 6) is 2.29. The van der Waals surface area contributed by atoms with Crippen molar-refractivity contribution in [3.63, 3.8) is 0 Å². The van der Waals surface area contributed by atoms with E-state index in [1.54, 1.807) is 31.4 Å². The van der Waals surface area contributed by atoms with E-state index in [1.165, 1.54) is 12.8 Å². The van der Waals surface area contributed by atoms with Gasteiger partial charge >= 0.3 is 0 Å². The lowest BCUT2D eigenvalue weighted by molar-refractivity contribution is 0.102. The Bertz CT molecular complexity index is 977. The Morgan fingerprint density at radius 2 is 1.67 bits per heavy atom. The Morgan fingerprint density at radius 3 is 2.27 bits per heavy atom. The first kappa shape index (κ1) is 19.9. The number of carbonyl (C=O) groups excluding carboxylic acids is 1. The molecular formula is C24H26N4O2. The molecule has 30 heavy (non-hydrogen) atoms. The number of carbonyl (C=O) groups is 1. The SMILES string of the molecule is COc1ccc(C(=O)Nc2ccc(-c3ccc(N4CCC(C)CC4)nn3)cc2)cc1. The van der Waals surface area contributed by atoms with Gasteiger partial charge in [0, 0.05) is 29.9 Å². The van der Waals surface area contributed by atoms with Crippen LogP contribution in [0.15, 0.2) is 60.7 Å². The molecule has 1 amide bonds. The van der Waals surface area contributed by atoms with Gasteiger partial charge in [-0.1, -0.05) is 19.1 Å². The van der Waals surface area contributed by atoms with E-state index < -0.39 is 0 Å². The molecule has 1 aliphatic rings. The highest BCUT2D eigenvalue weighted by Crippen LogP contribution is 2.24. The first-order chi connectivity index (χ1) is 14.6. The minimum atomic E-state index is -0.162. The van der Waals surface area contributed by atoms with Crippen molar-refractivity contribution in [2.75, 3.05) is 30.4 Å². The second-order valence-corrected chi connectivity index (χ2v) is 7.71. The fourth-order valence-electron chi connectivity index (χ4n) is 3.56. The molecule has 0 bridgehead atoms. The molecule has 6 nitrogen and oxygen atoms in total. The van der Waals surface area contributed by atoms with Gasteiger partial charge in [-0.25, -0.2) is 0 Å². The molecule has 1 N–H and O–H groups in total. The van der Waals surface area contributed by atoms with Gasteiger partial charge in [-0.3, -0.25) is 4.79 Å². The highest BCUT2D eigenvalue weighted by molar-refractivity contribution is 6.04. The zero-order chi connectivity index (χ0) is 20.9. The van der Waals surface area contributed by atoms with Crippen molar-refractivity contribution in [3.05, 3.63) is 66.2 Å². The maximum atomic E-state index is 12.4. The normalized spacial score (nSPS) is 14.4. The van der Waals surface area contributed by atoms with Gasteiger partial charge in [-0.05, 0) is 67.3 Å². The average Bonchev–Trinajstić information content (AvgIpc) is 2.80. The van der Waals surface area contributed by atoms with Crippen LogP contribution in [0, 0.1) is 5.92 Å². The Balaban J connectivity index is 1.39. The summed E-state index contributed by atoms with van der Waals surface area (Å²) in [4.78, 5) is 14.7. The van der Waals surface area contributed by atoms with Crippen molar-refractivity contribution in [2.45, 2.75) is 19.8 Å². The summed E-state index contributed by atoms with van der Waals surface area (Å²) >= 11 is 0. The molecule has 2 aromatic carbocycles. The number of anilines is 2. The molecule has 4 rings (SSSR count). The van der Waals surface area contributed by atoms with Crippen molar-refractivity contribution in [2.24, 2.45) is 5.92 Å². The Labute approximate surface area is 176 Å². The first-order valence-electron chi connectivity index (χ1n) is 10.3. The lowest BCUT2D eigenvalue weighted by Crippen LogP contribution is -2.33. The van der Waals surface area contributed by atoms with Crippen molar-refractivity contribution in [3.8, 4) is 17.0 Å². The highest BCUT2D eigenvalue weighted by atomic mass is 16.5. The van der Waals surface area contributed by atoms with Crippen LogP contribution in [0.4, 0.5) is 11.5 Å². The molecule has 154 valence electrons. The van der Waals surface area contributed by atoms with Gasteiger partial charge in [0.2, 0.25) is 0 Å². The second kappa shape index (κ2) is 8.95. The predicted octanol–water partition coefficient (Wildman–Crippen LogP) is 4.64. The molecule has 1 aliphatic heterocycles. The van der Waals surface area contributed by atoms with Gasteiger partial charge in [0.25, 0.3) is 5.91 Å². The third kappa shape index (κ3) is 4.59. The molecule has 0 spiro atoms. The third-order valence-electron chi connectivity index (χ3n) is 5.55. The minimum Gasteiger partial charge on any atom is -0.497 e. The molecule has 0 saturated carbocycles. The van der Waals surface area contributed by atoms with E-state index in [0.29, 0.717) is 5.56 Å². The fraction of sp³-hybridized carbons (Fsp3) is 0.292. The molecule has 3 aromatic rings. The van der Waals surface area contributed by atoms with E-state index in [4.69, 9.17) is 4.74 Å². The number of methoxy groups -OCH3 is 1. The molecule has 0 atom stereocenters. The summed E-state index contributed by atoms with van der Waals surface area (Å²) in [6.07, 6.45) is 2.40. The van der Waals surface area contributed by atoms with Crippen LogP contribution in [-0.2, 0) is 0 Å². The number of nitrogens with zero attached hydrogens (tertiary/aromatic N) is 3. The quantitative estimate of drug-likeness (QED) is 0.673. The van der Waals surface area contributed by atoms with E-state index in [1.807, 2.05) is 36.4 Å². The van der Waals surface area contributed by atoms with E-state index in [2.05, 4.69) is 27.3 Å². The fourth-order valence-corrected chi connectivity index (χ4v) is 3.56. The molecule has 0 unspecified atom stereocenters. The van der Waals surface area contributed by atoms with Crippen molar-refractivity contribution >= 4 is 17.4 Å². The molecular weight excluding hydrogens is 376 g/mol. The Hall–Kier alpha value is -3.41. The van der Waals surface area contributed by atoms with Crippen LogP contribution in [0.25, 0.3) is 11.3 Å². The summed E-state index contributed by atoms with van der Waals surface area (Å²) in [5.41, 5.74) is 3.08. The number of ether oxygens (including phenoxy) is 1. The van der Waals surface area contributed by atoms with Gasteiger partial charge in [-0.15, -0.1) is 10.2 Å². The van der Waals surface area contributed by atoms with Crippen LogP contribution < -0.4 is 15.0 Å². The van der Waals surface area contributed by atoms with Crippen LogP contribution in [-0.4, -0.2) is 36.3 Å². The minimum absolute atomic E-state index is 0.162. The van der Waals surface area contributed by atoms with Crippen molar-refractivity contribution < 1.29 is 9.53 Å². The number of rotatable bonds is 5. The smallest absolute Gasteiger partial charge is 0.255 e. The van der Waals surface area contributed by atoms with Crippen molar-refractivity contribution in [1.29, 1.82) is 0 Å². The summed E-state index contributed by atoms with van der Waals surface area (Å²) in [6, 6.07) is 18.7. The topological polar surface area (TPSA) is 67.3 Å². The summed E-state index contributed by atoms with van der Waals surface area (Å²) in [6.45, 7) is 4.38. The van der Waals surface area contributed by atoms with Gasteiger partial charge in [-0.2, -0.15) is 0 Å². The lowest BCUT2D eigenvalue weighted by atomic mass is 9.99. The standard InChI is InChI=1S/C24H26N4O2/c1-17-13-15-28(16-14-17)23-12-11-22(26-27-23)18-3-7-20(8-4-18)25-24(29)19-5-9-21(30-2)10-6-19/h3-12,17H,13-16H2,1-2H3,(H,25,29). The van der Waals surface area contributed by atoms with E-state index >= 15 is 0 Å². The second-order valence-electron chi connectivity index (χ2n) is 7.71. The highest BCUT2D eigenvalue weighted by Gasteiger charge is 2.17. The number of hydrogen-bond acceptors (Lipinski definition) is 5. The maximum Gasteiger partial charge on any atom is 0.255 e. The van der Waals surface area contributed by atoms with Gasteiger partial charge < -0.3 is 15.0 Å². The summed E-state index contributed by atoms with van der Waals surface area (Å²) < 4.78 is 5.12. The molecule has 1 aromatic heterocycles.